The molecule has 7 nitrogen and oxygen atoms in total. The van der Waals surface area contributed by atoms with Gasteiger partial charge in [0.1, 0.15) is 0 Å². The number of hydrogen-bond donors (Lipinski definition) is 3. The van der Waals surface area contributed by atoms with Crippen LogP contribution in [0.15, 0.2) is 0 Å². The molecule has 1 aliphatic heterocycles. The Hall–Kier alpha value is -1.18. The number of nitrogens with zero attached hydrogens (tertiary/aromatic N) is 1. The van der Waals surface area contributed by atoms with E-state index in [2.05, 4.69) is 10.2 Å². The van der Waals surface area contributed by atoms with Crippen molar-refractivity contribution in [3.05, 3.63) is 0 Å². The summed E-state index contributed by atoms with van der Waals surface area (Å²) in [5, 5.41) is 20.2. The molecule has 3 N–H and O–H groups in total. The van der Waals surface area contributed by atoms with Crippen LogP contribution in [0.4, 0.5) is 0 Å². The van der Waals surface area contributed by atoms with Gasteiger partial charge in [-0.25, -0.2) is 0 Å². The molecule has 2 fully saturated rings. The van der Waals surface area contributed by atoms with Gasteiger partial charge < -0.3 is 25.2 Å². The van der Waals surface area contributed by atoms with Crippen molar-refractivity contribution >= 4 is 12.4 Å². The standard InChI is InChI=1S/C16H30N2O3.CH2O2/c1-21-12-11-18-10-4-5-14(13-18)15(19)17-9-8-16(20)6-2-3-7-16;2-1-3/h14,20H,2-13H2,1H3,(H,17,19);1H,(H,2,3). The molecule has 0 aromatic carbocycles. The number of carbonyl (C=O) groups excluding carboxylic acids is 1. The Morgan fingerprint density at radius 2 is 2.04 bits per heavy atom. The first-order valence-electron chi connectivity index (χ1n) is 8.84. The van der Waals surface area contributed by atoms with Gasteiger partial charge in [0.2, 0.25) is 5.91 Å². The predicted octanol–water partition coefficient (Wildman–Crippen LogP) is 0.857. The Labute approximate surface area is 144 Å². The Bertz CT molecular complexity index is 372. The molecule has 140 valence electrons. The molecule has 1 unspecified atom stereocenters. The lowest BCUT2D eigenvalue weighted by Gasteiger charge is -2.32. The first-order valence-corrected chi connectivity index (χ1v) is 8.84. The number of ether oxygens (including phenoxy) is 1. The Balaban J connectivity index is 0.000000891. The number of methoxy groups -OCH3 is 1. The molecule has 0 spiro atoms. The number of rotatable bonds is 7. The van der Waals surface area contributed by atoms with Crippen LogP contribution in [-0.2, 0) is 14.3 Å². The molecule has 0 aromatic rings. The molecule has 2 aliphatic rings. The largest absolute Gasteiger partial charge is 0.483 e. The first-order chi connectivity index (χ1) is 11.5. The van der Waals surface area contributed by atoms with E-state index < -0.39 is 5.60 Å². The zero-order valence-electron chi connectivity index (χ0n) is 14.7. The summed E-state index contributed by atoms with van der Waals surface area (Å²) in [6, 6.07) is 0. The number of aliphatic hydroxyl groups is 1. The van der Waals surface area contributed by atoms with Crippen molar-refractivity contribution in [2.24, 2.45) is 5.92 Å². The van der Waals surface area contributed by atoms with E-state index in [4.69, 9.17) is 14.6 Å². The highest BCUT2D eigenvalue weighted by molar-refractivity contribution is 5.78. The number of carbonyl (C=O) groups is 2. The van der Waals surface area contributed by atoms with Gasteiger partial charge in [-0.3, -0.25) is 9.59 Å². The van der Waals surface area contributed by atoms with Crippen LogP contribution in [0.2, 0.25) is 0 Å². The van der Waals surface area contributed by atoms with E-state index in [9.17, 15) is 9.90 Å². The van der Waals surface area contributed by atoms with Crippen molar-refractivity contribution in [1.29, 1.82) is 0 Å². The molecule has 1 atom stereocenters. The molecule has 1 saturated carbocycles. The van der Waals surface area contributed by atoms with Crippen LogP contribution in [0.5, 0.6) is 0 Å². The number of likely N-dealkylation sites (tertiary alicyclic amines) is 1. The molecule has 7 heteroatoms. The van der Waals surface area contributed by atoms with Crippen molar-refractivity contribution in [2.45, 2.75) is 50.5 Å². The van der Waals surface area contributed by atoms with Crippen LogP contribution >= 0.6 is 0 Å². The average Bonchev–Trinajstić information content (AvgIpc) is 3.00. The lowest BCUT2D eigenvalue weighted by atomic mass is 9.96. The van der Waals surface area contributed by atoms with E-state index in [1.54, 1.807) is 7.11 Å². The second-order valence-corrected chi connectivity index (χ2v) is 6.71. The lowest BCUT2D eigenvalue weighted by molar-refractivity contribution is -0.127. The van der Waals surface area contributed by atoms with Gasteiger partial charge in [-0.15, -0.1) is 0 Å². The minimum absolute atomic E-state index is 0.0915. The highest BCUT2D eigenvalue weighted by Crippen LogP contribution is 2.31. The summed E-state index contributed by atoms with van der Waals surface area (Å²) in [6.07, 6.45) is 6.74. The molecule has 1 aliphatic carbocycles. The second-order valence-electron chi connectivity index (χ2n) is 6.71. The van der Waals surface area contributed by atoms with Crippen molar-refractivity contribution in [3.8, 4) is 0 Å². The smallest absolute Gasteiger partial charge is 0.290 e. The Kier molecular flexibility index (Phi) is 9.90. The van der Waals surface area contributed by atoms with Crippen LogP contribution in [0, 0.1) is 5.92 Å². The average molecular weight is 344 g/mol. The predicted molar refractivity (Wildman–Crippen MR) is 90.8 cm³/mol. The second kappa shape index (κ2) is 11.4. The SMILES string of the molecule is COCCN1CCCC(C(=O)NCCC2(O)CCCC2)C1.O=CO. The van der Waals surface area contributed by atoms with E-state index in [-0.39, 0.29) is 18.3 Å². The third-order valence-corrected chi connectivity index (χ3v) is 4.91. The molecule has 1 amide bonds. The molecule has 0 aromatic heterocycles. The first kappa shape index (κ1) is 20.9. The van der Waals surface area contributed by atoms with E-state index in [0.717, 1.165) is 64.8 Å². The zero-order valence-corrected chi connectivity index (χ0v) is 14.7. The fourth-order valence-electron chi connectivity index (χ4n) is 3.54. The topological polar surface area (TPSA) is 99.1 Å². The minimum Gasteiger partial charge on any atom is -0.483 e. The summed E-state index contributed by atoms with van der Waals surface area (Å²) in [6.45, 7) is 3.87. The molecule has 24 heavy (non-hydrogen) atoms. The van der Waals surface area contributed by atoms with Gasteiger partial charge in [-0.2, -0.15) is 0 Å². The molecular weight excluding hydrogens is 312 g/mol. The number of carboxylic acid groups (broad SMARTS) is 1. The summed E-state index contributed by atoms with van der Waals surface area (Å²) in [4.78, 5) is 22.9. The Morgan fingerprint density at radius 1 is 1.38 bits per heavy atom. The quantitative estimate of drug-likeness (QED) is 0.593. The minimum atomic E-state index is -0.523. The maximum absolute atomic E-state index is 12.2. The fourth-order valence-corrected chi connectivity index (χ4v) is 3.54. The van der Waals surface area contributed by atoms with Gasteiger partial charge >= 0.3 is 0 Å². The van der Waals surface area contributed by atoms with Crippen molar-refractivity contribution in [3.63, 3.8) is 0 Å². The number of hydrogen-bond acceptors (Lipinski definition) is 5. The summed E-state index contributed by atoms with van der Waals surface area (Å²) >= 11 is 0. The van der Waals surface area contributed by atoms with Crippen molar-refractivity contribution < 1.29 is 24.5 Å². The summed E-state index contributed by atoms with van der Waals surface area (Å²) in [5.41, 5.74) is -0.523. The highest BCUT2D eigenvalue weighted by atomic mass is 16.5. The number of piperidine rings is 1. The van der Waals surface area contributed by atoms with Crippen LogP contribution in [0.1, 0.15) is 44.9 Å². The molecule has 1 saturated heterocycles. The molecule has 1 heterocycles. The number of amides is 1. The van der Waals surface area contributed by atoms with Crippen LogP contribution in [-0.4, -0.2) is 73.0 Å². The third kappa shape index (κ3) is 7.59. The van der Waals surface area contributed by atoms with E-state index in [0.29, 0.717) is 13.0 Å². The molecular formula is C17H32N2O5. The van der Waals surface area contributed by atoms with Gasteiger partial charge in [-0.05, 0) is 38.6 Å². The normalized spacial score (nSPS) is 23.2. The summed E-state index contributed by atoms with van der Waals surface area (Å²) < 4.78 is 5.10. The third-order valence-electron chi connectivity index (χ3n) is 4.91. The van der Waals surface area contributed by atoms with Crippen LogP contribution in [0.25, 0.3) is 0 Å². The maximum Gasteiger partial charge on any atom is 0.290 e. The Morgan fingerprint density at radius 3 is 2.67 bits per heavy atom. The van der Waals surface area contributed by atoms with Gasteiger partial charge in [0, 0.05) is 26.7 Å². The molecule has 0 bridgehead atoms. The monoisotopic (exact) mass is 344 g/mol. The van der Waals surface area contributed by atoms with E-state index in [1.807, 2.05) is 0 Å². The van der Waals surface area contributed by atoms with Crippen molar-refractivity contribution in [2.75, 3.05) is 39.9 Å². The van der Waals surface area contributed by atoms with Crippen molar-refractivity contribution in [1.82, 2.24) is 10.2 Å². The summed E-state index contributed by atoms with van der Waals surface area (Å²) in [5.74, 6) is 0.243. The lowest BCUT2D eigenvalue weighted by Crippen LogP contribution is -2.44. The zero-order chi connectivity index (χ0) is 17.8. The van der Waals surface area contributed by atoms with Gasteiger partial charge in [0.25, 0.3) is 6.47 Å². The van der Waals surface area contributed by atoms with Gasteiger partial charge in [0.05, 0.1) is 18.1 Å². The van der Waals surface area contributed by atoms with Gasteiger partial charge in [0.15, 0.2) is 0 Å². The molecule has 2 rings (SSSR count). The molecule has 0 radical (unpaired) electrons. The maximum atomic E-state index is 12.2. The van der Waals surface area contributed by atoms with Gasteiger partial charge in [-0.1, -0.05) is 12.8 Å². The summed E-state index contributed by atoms with van der Waals surface area (Å²) in [7, 11) is 1.71. The fraction of sp³-hybridized carbons (Fsp3) is 0.882. The number of nitrogens with one attached hydrogen (secondary N) is 1. The van der Waals surface area contributed by atoms with Crippen LogP contribution in [0.3, 0.4) is 0 Å². The van der Waals surface area contributed by atoms with E-state index >= 15 is 0 Å². The highest BCUT2D eigenvalue weighted by Gasteiger charge is 2.31. The van der Waals surface area contributed by atoms with Crippen LogP contribution < -0.4 is 5.32 Å². The van der Waals surface area contributed by atoms with E-state index in [1.165, 1.54) is 0 Å².